The first-order valence-corrected chi connectivity index (χ1v) is 6.74. The number of methoxy groups -OCH3 is 1. The summed E-state index contributed by atoms with van der Waals surface area (Å²) in [6.07, 6.45) is 7.39. The van der Waals surface area contributed by atoms with Gasteiger partial charge >= 0.3 is 0 Å². The van der Waals surface area contributed by atoms with E-state index >= 15 is 0 Å². The van der Waals surface area contributed by atoms with Crippen molar-refractivity contribution in [2.45, 2.75) is 38.5 Å². The SMILES string of the molecule is COc1cccc(CC(=O)C=C2CCCCC2)c1F. The largest absolute Gasteiger partial charge is 0.494 e. The zero-order valence-electron chi connectivity index (χ0n) is 11.2. The summed E-state index contributed by atoms with van der Waals surface area (Å²) < 4.78 is 18.8. The van der Waals surface area contributed by atoms with Crippen molar-refractivity contribution < 1.29 is 13.9 Å². The molecule has 0 bridgehead atoms. The van der Waals surface area contributed by atoms with Gasteiger partial charge in [-0.3, -0.25) is 4.79 Å². The van der Waals surface area contributed by atoms with Gasteiger partial charge in [-0.2, -0.15) is 0 Å². The Kier molecular flexibility index (Phi) is 4.72. The zero-order valence-corrected chi connectivity index (χ0v) is 11.2. The summed E-state index contributed by atoms with van der Waals surface area (Å²) in [5.74, 6) is -0.264. The summed E-state index contributed by atoms with van der Waals surface area (Å²) in [6, 6.07) is 4.90. The monoisotopic (exact) mass is 262 g/mol. The van der Waals surface area contributed by atoms with Crippen LogP contribution >= 0.6 is 0 Å². The van der Waals surface area contributed by atoms with Gasteiger partial charge in [-0.15, -0.1) is 0 Å². The molecule has 1 aromatic rings. The molecular weight excluding hydrogens is 243 g/mol. The molecule has 2 nitrogen and oxygen atoms in total. The molecule has 0 N–H and O–H groups in total. The molecule has 1 saturated carbocycles. The third-order valence-electron chi connectivity index (χ3n) is 3.49. The van der Waals surface area contributed by atoms with Crippen LogP contribution in [0.1, 0.15) is 37.7 Å². The number of halogens is 1. The molecule has 0 heterocycles. The number of benzene rings is 1. The smallest absolute Gasteiger partial charge is 0.168 e. The van der Waals surface area contributed by atoms with Crippen molar-refractivity contribution >= 4 is 5.78 Å². The number of allylic oxidation sites excluding steroid dienone is 2. The highest BCUT2D eigenvalue weighted by Gasteiger charge is 2.12. The molecule has 0 aliphatic heterocycles. The first-order valence-electron chi connectivity index (χ1n) is 6.74. The van der Waals surface area contributed by atoms with Crippen LogP contribution in [0.3, 0.4) is 0 Å². The molecule has 3 heteroatoms. The fourth-order valence-corrected chi connectivity index (χ4v) is 2.47. The van der Waals surface area contributed by atoms with Crippen molar-refractivity contribution in [3.05, 3.63) is 41.2 Å². The lowest BCUT2D eigenvalue weighted by Gasteiger charge is -2.13. The summed E-state index contributed by atoms with van der Waals surface area (Å²) in [7, 11) is 1.42. The molecule has 0 amide bonds. The number of carbonyl (C=O) groups is 1. The van der Waals surface area contributed by atoms with E-state index < -0.39 is 5.82 Å². The quantitative estimate of drug-likeness (QED) is 0.771. The first kappa shape index (κ1) is 13.8. The second-order valence-electron chi connectivity index (χ2n) is 4.94. The van der Waals surface area contributed by atoms with E-state index in [1.165, 1.54) is 19.1 Å². The Morgan fingerprint density at radius 1 is 1.32 bits per heavy atom. The van der Waals surface area contributed by atoms with Gasteiger partial charge in [0.2, 0.25) is 0 Å². The maximum atomic E-state index is 13.9. The van der Waals surface area contributed by atoms with Crippen LogP contribution in [0, 0.1) is 5.82 Å². The van der Waals surface area contributed by atoms with Gasteiger partial charge in [0.15, 0.2) is 17.3 Å². The molecular formula is C16H19FO2. The summed E-state index contributed by atoms with van der Waals surface area (Å²) >= 11 is 0. The fourth-order valence-electron chi connectivity index (χ4n) is 2.47. The Hall–Kier alpha value is -1.64. The number of ether oxygens (including phenoxy) is 1. The standard InChI is InChI=1S/C16H19FO2/c1-19-15-9-5-8-13(16(15)17)11-14(18)10-12-6-3-2-4-7-12/h5,8-10H,2-4,6-7,11H2,1H3. The predicted octanol–water partition coefficient (Wildman–Crippen LogP) is 3.84. The second-order valence-corrected chi connectivity index (χ2v) is 4.94. The van der Waals surface area contributed by atoms with Crippen molar-refractivity contribution in [1.29, 1.82) is 0 Å². The highest BCUT2D eigenvalue weighted by molar-refractivity contribution is 5.92. The van der Waals surface area contributed by atoms with E-state index in [1.807, 2.05) is 0 Å². The third-order valence-corrected chi connectivity index (χ3v) is 3.49. The van der Waals surface area contributed by atoms with Gasteiger partial charge in [0.1, 0.15) is 0 Å². The molecule has 1 fully saturated rings. The maximum Gasteiger partial charge on any atom is 0.168 e. The fraction of sp³-hybridized carbons (Fsp3) is 0.438. The lowest BCUT2D eigenvalue weighted by atomic mass is 9.93. The van der Waals surface area contributed by atoms with E-state index in [0.717, 1.165) is 25.7 Å². The van der Waals surface area contributed by atoms with E-state index in [0.29, 0.717) is 5.56 Å². The van der Waals surface area contributed by atoms with Gasteiger partial charge in [0.05, 0.1) is 7.11 Å². The van der Waals surface area contributed by atoms with E-state index in [4.69, 9.17) is 4.74 Å². The van der Waals surface area contributed by atoms with Gasteiger partial charge in [0, 0.05) is 6.42 Å². The van der Waals surface area contributed by atoms with Crippen LogP contribution in [0.15, 0.2) is 29.8 Å². The van der Waals surface area contributed by atoms with E-state index in [9.17, 15) is 9.18 Å². The summed E-state index contributed by atoms with van der Waals surface area (Å²) in [4.78, 5) is 11.9. The minimum Gasteiger partial charge on any atom is -0.494 e. The minimum absolute atomic E-state index is 0.0240. The number of hydrogen-bond donors (Lipinski definition) is 0. The maximum absolute atomic E-state index is 13.9. The number of rotatable bonds is 4. The second kappa shape index (κ2) is 6.50. The average molecular weight is 262 g/mol. The highest BCUT2D eigenvalue weighted by atomic mass is 19.1. The van der Waals surface area contributed by atoms with Crippen LogP contribution in [0.25, 0.3) is 0 Å². The summed E-state index contributed by atoms with van der Waals surface area (Å²) in [5.41, 5.74) is 1.61. The molecule has 0 atom stereocenters. The summed E-state index contributed by atoms with van der Waals surface area (Å²) in [6.45, 7) is 0. The molecule has 0 unspecified atom stereocenters. The third kappa shape index (κ3) is 3.66. The van der Waals surface area contributed by atoms with Gasteiger partial charge < -0.3 is 4.74 Å². The average Bonchev–Trinajstić information content (AvgIpc) is 2.42. The highest BCUT2D eigenvalue weighted by Crippen LogP contribution is 2.24. The molecule has 19 heavy (non-hydrogen) atoms. The first-order chi connectivity index (χ1) is 9.20. The van der Waals surface area contributed by atoms with E-state index in [1.54, 1.807) is 24.3 Å². The van der Waals surface area contributed by atoms with Crippen molar-refractivity contribution in [3.8, 4) is 5.75 Å². The molecule has 2 rings (SSSR count). The van der Waals surface area contributed by atoms with Crippen LogP contribution < -0.4 is 4.74 Å². The zero-order chi connectivity index (χ0) is 13.7. The van der Waals surface area contributed by atoms with Gasteiger partial charge in [-0.25, -0.2) is 4.39 Å². The topological polar surface area (TPSA) is 26.3 Å². The number of hydrogen-bond acceptors (Lipinski definition) is 2. The van der Waals surface area contributed by atoms with Crippen LogP contribution in [-0.4, -0.2) is 12.9 Å². The Balaban J connectivity index is 2.06. The Morgan fingerprint density at radius 2 is 2.05 bits per heavy atom. The Morgan fingerprint density at radius 3 is 2.74 bits per heavy atom. The molecule has 102 valence electrons. The molecule has 0 radical (unpaired) electrons. The van der Waals surface area contributed by atoms with Crippen molar-refractivity contribution in [3.63, 3.8) is 0 Å². The lowest BCUT2D eigenvalue weighted by molar-refractivity contribution is -0.114. The molecule has 1 aliphatic rings. The summed E-state index contributed by atoms with van der Waals surface area (Å²) in [5, 5.41) is 0. The minimum atomic E-state index is -0.430. The van der Waals surface area contributed by atoms with E-state index in [2.05, 4.69) is 0 Å². The molecule has 1 aliphatic carbocycles. The molecule has 1 aromatic carbocycles. The van der Waals surface area contributed by atoms with E-state index in [-0.39, 0.29) is 18.0 Å². The van der Waals surface area contributed by atoms with Gasteiger partial charge in [0.25, 0.3) is 0 Å². The predicted molar refractivity (Wildman–Crippen MR) is 72.8 cm³/mol. The van der Waals surface area contributed by atoms with Crippen LogP contribution in [-0.2, 0) is 11.2 Å². The Bertz CT molecular complexity index is 484. The number of carbonyl (C=O) groups excluding carboxylic acids is 1. The molecule has 0 spiro atoms. The van der Waals surface area contributed by atoms with Crippen LogP contribution in [0.5, 0.6) is 5.75 Å². The molecule has 0 aromatic heterocycles. The van der Waals surface area contributed by atoms with Gasteiger partial charge in [-0.05, 0) is 43.4 Å². The van der Waals surface area contributed by atoms with Crippen LogP contribution in [0.2, 0.25) is 0 Å². The lowest BCUT2D eigenvalue weighted by Crippen LogP contribution is -2.05. The van der Waals surface area contributed by atoms with Crippen LogP contribution in [0.4, 0.5) is 4.39 Å². The number of ketones is 1. The van der Waals surface area contributed by atoms with Crippen molar-refractivity contribution in [2.75, 3.05) is 7.11 Å². The Labute approximate surface area is 113 Å². The van der Waals surface area contributed by atoms with Crippen molar-refractivity contribution in [1.82, 2.24) is 0 Å². The molecule has 0 saturated heterocycles. The normalized spacial score (nSPS) is 15.2. The van der Waals surface area contributed by atoms with Crippen molar-refractivity contribution in [2.24, 2.45) is 0 Å². The van der Waals surface area contributed by atoms with Gasteiger partial charge in [-0.1, -0.05) is 24.1 Å².